The van der Waals surface area contributed by atoms with Crippen LogP contribution in [0.25, 0.3) is 0 Å². The van der Waals surface area contributed by atoms with Gasteiger partial charge in [0.05, 0.1) is 16.5 Å². The third-order valence-corrected chi connectivity index (χ3v) is 4.50. The molecule has 2 aromatic rings. The van der Waals surface area contributed by atoms with Crippen molar-refractivity contribution in [2.45, 2.75) is 18.7 Å². The van der Waals surface area contributed by atoms with E-state index in [1.807, 2.05) is 37.3 Å². The molecule has 0 radical (unpaired) electrons. The Labute approximate surface area is 141 Å². The highest BCUT2D eigenvalue weighted by atomic mass is 79.9. The zero-order valence-electron chi connectivity index (χ0n) is 11.1. The van der Waals surface area contributed by atoms with Crippen molar-refractivity contribution in [2.75, 3.05) is 6.61 Å². The molecule has 2 rings (SSSR count). The summed E-state index contributed by atoms with van der Waals surface area (Å²) in [4.78, 5) is 0. The molecule has 1 unspecified atom stereocenters. The minimum Gasteiger partial charge on any atom is -0.493 e. The average Bonchev–Trinajstić information content (AvgIpc) is 2.44. The Bertz CT molecular complexity index is 569. The van der Waals surface area contributed by atoms with Crippen molar-refractivity contribution >= 4 is 43.5 Å². The SMILES string of the molecule is CCOc1ccc(C(Cl)Cc2ccc(Br)cc2)cc1Br. The van der Waals surface area contributed by atoms with Gasteiger partial charge in [0, 0.05) is 4.47 Å². The zero-order chi connectivity index (χ0) is 14.5. The first-order valence-electron chi connectivity index (χ1n) is 6.41. The Balaban J connectivity index is 2.10. The van der Waals surface area contributed by atoms with Crippen LogP contribution in [-0.4, -0.2) is 6.61 Å². The molecule has 0 amide bonds. The molecule has 0 aliphatic carbocycles. The van der Waals surface area contributed by atoms with Gasteiger partial charge in [0.2, 0.25) is 0 Å². The van der Waals surface area contributed by atoms with E-state index < -0.39 is 0 Å². The molecule has 0 saturated heterocycles. The van der Waals surface area contributed by atoms with Gasteiger partial charge in [-0.2, -0.15) is 0 Å². The lowest BCUT2D eigenvalue weighted by Crippen LogP contribution is -1.98. The fourth-order valence-corrected chi connectivity index (χ4v) is 3.02. The predicted octanol–water partition coefficient (Wildman–Crippen LogP) is 6.13. The van der Waals surface area contributed by atoms with E-state index >= 15 is 0 Å². The maximum absolute atomic E-state index is 6.51. The van der Waals surface area contributed by atoms with Gasteiger partial charge < -0.3 is 4.74 Å². The second kappa shape index (κ2) is 7.48. The Morgan fingerprint density at radius 1 is 1.10 bits per heavy atom. The molecule has 2 aromatic carbocycles. The second-order valence-electron chi connectivity index (χ2n) is 4.42. The third-order valence-electron chi connectivity index (χ3n) is 2.95. The summed E-state index contributed by atoms with van der Waals surface area (Å²) in [6.07, 6.45) is 0.801. The molecule has 0 heterocycles. The molecule has 0 N–H and O–H groups in total. The van der Waals surface area contributed by atoms with Crippen LogP contribution < -0.4 is 4.74 Å². The predicted molar refractivity (Wildman–Crippen MR) is 91.8 cm³/mol. The highest BCUT2D eigenvalue weighted by molar-refractivity contribution is 9.10. The smallest absolute Gasteiger partial charge is 0.133 e. The number of benzene rings is 2. The molecule has 106 valence electrons. The topological polar surface area (TPSA) is 9.23 Å². The van der Waals surface area contributed by atoms with Crippen LogP contribution in [0, 0.1) is 0 Å². The average molecular weight is 419 g/mol. The summed E-state index contributed by atoms with van der Waals surface area (Å²) in [5.74, 6) is 0.851. The van der Waals surface area contributed by atoms with Crippen molar-refractivity contribution < 1.29 is 4.74 Å². The largest absolute Gasteiger partial charge is 0.493 e. The van der Waals surface area contributed by atoms with Crippen molar-refractivity contribution in [1.82, 2.24) is 0 Å². The molecular weight excluding hydrogens is 403 g/mol. The molecule has 0 aliphatic heterocycles. The maximum atomic E-state index is 6.51. The van der Waals surface area contributed by atoms with Gasteiger partial charge in [0.1, 0.15) is 5.75 Å². The molecule has 0 saturated carbocycles. The van der Waals surface area contributed by atoms with Gasteiger partial charge in [-0.25, -0.2) is 0 Å². The van der Waals surface area contributed by atoms with Crippen LogP contribution >= 0.6 is 43.5 Å². The van der Waals surface area contributed by atoms with Crippen LogP contribution in [0.3, 0.4) is 0 Å². The second-order valence-corrected chi connectivity index (χ2v) is 6.72. The lowest BCUT2D eigenvalue weighted by Gasteiger charge is -2.13. The summed E-state index contributed by atoms with van der Waals surface area (Å²) in [7, 11) is 0. The first-order valence-corrected chi connectivity index (χ1v) is 8.43. The lowest BCUT2D eigenvalue weighted by atomic mass is 10.0. The number of alkyl halides is 1. The molecule has 0 spiro atoms. The summed E-state index contributed by atoms with van der Waals surface area (Å²) in [5.41, 5.74) is 2.31. The lowest BCUT2D eigenvalue weighted by molar-refractivity contribution is 0.338. The molecule has 20 heavy (non-hydrogen) atoms. The van der Waals surface area contributed by atoms with Crippen LogP contribution in [0.5, 0.6) is 5.75 Å². The van der Waals surface area contributed by atoms with Crippen molar-refractivity contribution in [3.05, 3.63) is 62.5 Å². The minimum atomic E-state index is -0.0526. The molecule has 0 aromatic heterocycles. The van der Waals surface area contributed by atoms with Crippen LogP contribution in [0.2, 0.25) is 0 Å². The fourth-order valence-electron chi connectivity index (χ4n) is 1.93. The van der Waals surface area contributed by atoms with Gasteiger partial charge in [0.15, 0.2) is 0 Å². The summed E-state index contributed by atoms with van der Waals surface area (Å²) >= 11 is 13.5. The van der Waals surface area contributed by atoms with E-state index in [1.165, 1.54) is 5.56 Å². The molecular formula is C16H15Br2ClO. The number of hydrogen-bond donors (Lipinski definition) is 0. The highest BCUT2D eigenvalue weighted by Crippen LogP contribution is 2.32. The molecule has 0 aliphatic rings. The monoisotopic (exact) mass is 416 g/mol. The standard InChI is InChI=1S/C16H15Br2ClO/c1-2-20-16-8-5-12(10-14(16)18)15(19)9-11-3-6-13(17)7-4-11/h3-8,10,15H,2,9H2,1H3. The molecule has 1 nitrogen and oxygen atoms in total. The third kappa shape index (κ3) is 4.24. The number of ether oxygens (including phenoxy) is 1. The van der Waals surface area contributed by atoms with Gasteiger partial charge in [0.25, 0.3) is 0 Å². The van der Waals surface area contributed by atoms with E-state index in [0.717, 1.165) is 26.7 Å². The molecule has 1 atom stereocenters. The first-order chi connectivity index (χ1) is 9.60. The Morgan fingerprint density at radius 2 is 1.80 bits per heavy atom. The summed E-state index contributed by atoms with van der Waals surface area (Å²) in [6.45, 7) is 2.62. The molecule has 4 heteroatoms. The Hall–Kier alpha value is -0.510. The van der Waals surface area contributed by atoms with Crippen LogP contribution in [-0.2, 0) is 6.42 Å². The van der Waals surface area contributed by atoms with E-state index in [1.54, 1.807) is 0 Å². The van der Waals surface area contributed by atoms with E-state index in [9.17, 15) is 0 Å². The maximum Gasteiger partial charge on any atom is 0.133 e. The van der Waals surface area contributed by atoms with Gasteiger partial charge in [-0.05, 0) is 64.7 Å². The van der Waals surface area contributed by atoms with Crippen molar-refractivity contribution in [3.63, 3.8) is 0 Å². The number of hydrogen-bond acceptors (Lipinski definition) is 1. The summed E-state index contributed by atoms with van der Waals surface area (Å²) < 4.78 is 7.53. The zero-order valence-corrected chi connectivity index (χ0v) is 15.0. The fraction of sp³-hybridized carbons (Fsp3) is 0.250. The van der Waals surface area contributed by atoms with Gasteiger partial charge in [-0.3, -0.25) is 0 Å². The number of rotatable bonds is 5. The van der Waals surface area contributed by atoms with Crippen LogP contribution in [0.15, 0.2) is 51.4 Å². The normalized spacial score (nSPS) is 12.2. The first kappa shape index (κ1) is 15.9. The summed E-state index contributed by atoms with van der Waals surface area (Å²) in [5, 5.41) is -0.0526. The van der Waals surface area contributed by atoms with Gasteiger partial charge in [-0.15, -0.1) is 11.6 Å². The Morgan fingerprint density at radius 3 is 2.40 bits per heavy atom. The van der Waals surface area contributed by atoms with E-state index in [4.69, 9.17) is 16.3 Å². The van der Waals surface area contributed by atoms with Gasteiger partial charge >= 0.3 is 0 Å². The summed E-state index contributed by atoms with van der Waals surface area (Å²) in [6, 6.07) is 14.2. The van der Waals surface area contributed by atoms with Crippen molar-refractivity contribution in [2.24, 2.45) is 0 Å². The molecule has 0 bridgehead atoms. The number of halogens is 3. The van der Waals surface area contributed by atoms with E-state index in [-0.39, 0.29) is 5.38 Å². The van der Waals surface area contributed by atoms with Crippen molar-refractivity contribution in [1.29, 1.82) is 0 Å². The van der Waals surface area contributed by atoms with Crippen LogP contribution in [0.1, 0.15) is 23.4 Å². The van der Waals surface area contributed by atoms with E-state index in [0.29, 0.717) is 6.61 Å². The highest BCUT2D eigenvalue weighted by Gasteiger charge is 2.11. The van der Waals surface area contributed by atoms with Crippen molar-refractivity contribution in [3.8, 4) is 5.75 Å². The molecule has 0 fully saturated rings. The van der Waals surface area contributed by atoms with Gasteiger partial charge in [-0.1, -0.05) is 34.1 Å². The van der Waals surface area contributed by atoms with Crippen LogP contribution in [0.4, 0.5) is 0 Å². The minimum absolute atomic E-state index is 0.0526. The quantitative estimate of drug-likeness (QED) is 0.531. The van der Waals surface area contributed by atoms with E-state index in [2.05, 4.69) is 44.0 Å². The Kier molecular flexibility index (Phi) is 5.94.